The Kier molecular flexibility index (Phi) is 9.32. The lowest BCUT2D eigenvalue weighted by molar-refractivity contribution is 0.0229. The number of methoxy groups -OCH3 is 1. The molecule has 0 amide bonds. The minimum atomic E-state index is 0.499. The van der Waals surface area contributed by atoms with Gasteiger partial charge in [0.25, 0.3) is 0 Å². The molecule has 0 unspecified atom stereocenters. The molecule has 0 aromatic carbocycles. The van der Waals surface area contributed by atoms with Crippen LogP contribution >= 0.6 is 0 Å². The van der Waals surface area contributed by atoms with Crippen molar-refractivity contribution in [3.63, 3.8) is 0 Å². The fourth-order valence-corrected chi connectivity index (χ4v) is 1.76. The molecule has 1 aromatic rings. The molecule has 0 fully saturated rings. The Morgan fingerprint density at radius 3 is 2.50 bits per heavy atom. The summed E-state index contributed by atoms with van der Waals surface area (Å²) in [6.07, 6.45) is 2.09. The average molecular weight is 284 g/mol. The summed E-state index contributed by atoms with van der Waals surface area (Å²) in [6.45, 7) is 9.29. The number of hydrogen-bond acceptors (Lipinski definition) is 4. The highest BCUT2D eigenvalue weighted by Gasteiger charge is 2.01. The topological polar surface area (TPSA) is 44.7 Å². The van der Waals surface area contributed by atoms with Crippen LogP contribution in [0.25, 0.3) is 0 Å². The molecule has 20 heavy (non-hydrogen) atoms. The summed E-state index contributed by atoms with van der Waals surface area (Å²) in [4.78, 5) is 0. The predicted molar refractivity (Wildman–Crippen MR) is 79.9 cm³/mol. The molecule has 0 atom stereocenters. The molecule has 1 aromatic heterocycles. The quantitative estimate of drug-likeness (QED) is 0.593. The van der Waals surface area contributed by atoms with Crippen molar-refractivity contribution in [2.24, 2.45) is 0 Å². The maximum atomic E-state index is 5.56. The van der Waals surface area contributed by atoms with Gasteiger partial charge in [0.05, 0.1) is 33.0 Å². The van der Waals surface area contributed by atoms with E-state index in [4.69, 9.17) is 14.2 Å². The van der Waals surface area contributed by atoms with E-state index in [0.717, 1.165) is 13.1 Å². The van der Waals surface area contributed by atoms with Gasteiger partial charge in [0.15, 0.2) is 0 Å². The Bertz CT molecular complexity index is 340. The van der Waals surface area contributed by atoms with Gasteiger partial charge in [0, 0.05) is 38.1 Å². The second-order valence-corrected chi connectivity index (χ2v) is 4.95. The van der Waals surface area contributed by atoms with Gasteiger partial charge < -0.3 is 24.1 Å². The van der Waals surface area contributed by atoms with Crippen molar-refractivity contribution in [1.82, 2.24) is 9.88 Å². The second-order valence-electron chi connectivity index (χ2n) is 4.95. The monoisotopic (exact) mass is 284 g/mol. The molecule has 1 rings (SSSR count). The van der Waals surface area contributed by atoms with E-state index < -0.39 is 0 Å². The van der Waals surface area contributed by atoms with Crippen molar-refractivity contribution in [1.29, 1.82) is 0 Å². The molecule has 0 spiro atoms. The smallest absolute Gasteiger partial charge is 0.0701 e. The van der Waals surface area contributed by atoms with E-state index in [1.807, 2.05) is 0 Å². The van der Waals surface area contributed by atoms with Crippen molar-refractivity contribution in [2.75, 3.05) is 40.1 Å². The van der Waals surface area contributed by atoms with Gasteiger partial charge in [-0.05, 0) is 12.1 Å². The van der Waals surface area contributed by atoms with Crippen LogP contribution in [0.1, 0.15) is 19.5 Å². The van der Waals surface area contributed by atoms with E-state index in [1.54, 1.807) is 7.11 Å². The number of aromatic nitrogens is 1. The Labute approximate surface area is 122 Å². The molecule has 0 saturated heterocycles. The van der Waals surface area contributed by atoms with Gasteiger partial charge in [-0.15, -0.1) is 0 Å². The Hall–Kier alpha value is -0.880. The molecule has 0 saturated carbocycles. The maximum absolute atomic E-state index is 5.56. The number of ether oxygens (including phenoxy) is 3. The molecule has 5 nitrogen and oxygen atoms in total. The third-order valence-electron chi connectivity index (χ3n) is 2.90. The Morgan fingerprint density at radius 2 is 1.80 bits per heavy atom. The molecule has 1 N–H and O–H groups in total. The van der Waals surface area contributed by atoms with Crippen LogP contribution in [-0.4, -0.2) is 50.8 Å². The Balaban J connectivity index is 2.08. The van der Waals surface area contributed by atoms with Gasteiger partial charge in [-0.2, -0.15) is 0 Å². The summed E-state index contributed by atoms with van der Waals surface area (Å²) >= 11 is 0. The van der Waals surface area contributed by atoms with Crippen LogP contribution in [-0.2, 0) is 27.3 Å². The van der Waals surface area contributed by atoms with E-state index >= 15 is 0 Å². The zero-order valence-electron chi connectivity index (χ0n) is 12.9. The highest BCUT2D eigenvalue weighted by Crippen LogP contribution is 2.02. The lowest BCUT2D eigenvalue weighted by atomic mass is 10.3. The third-order valence-corrected chi connectivity index (χ3v) is 2.90. The van der Waals surface area contributed by atoms with Gasteiger partial charge in [-0.1, -0.05) is 13.8 Å². The number of hydrogen-bond donors (Lipinski definition) is 1. The number of rotatable bonds is 12. The predicted octanol–water partition coefficient (Wildman–Crippen LogP) is 1.67. The van der Waals surface area contributed by atoms with E-state index in [-0.39, 0.29) is 0 Å². The maximum Gasteiger partial charge on any atom is 0.0701 e. The number of nitrogens with one attached hydrogen (secondary N) is 1. The van der Waals surface area contributed by atoms with Crippen LogP contribution in [0, 0.1) is 0 Å². The van der Waals surface area contributed by atoms with Gasteiger partial charge in [0.1, 0.15) is 0 Å². The van der Waals surface area contributed by atoms with Gasteiger partial charge in [-0.3, -0.25) is 0 Å². The van der Waals surface area contributed by atoms with Crippen molar-refractivity contribution < 1.29 is 14.2 Å². The SMILES string of the molecule is COCCOCCOCCn1cccc1CNC(C)C. The first kappa shape index (κ1) is 17.2. The van der Waals surface area contributed by atoms with Gasteiger partial charge in [0.2, 0.25) is 0 Å². The van der Waals surface area contributed by atoms with Gasteiger partial charge >= 0.3 is 0 Å². The molecule has 1 heterocycles. The molecule has 0 aliphatic heterocycles. The molecular weight excluding hydrogens is 256 g/mol. The zero-order chi connectivity index (χ0) is 14.6. The van der Waals surface area contributed by atoms with Crippen molar-refractivity contribution in [3.05, 3.63) is 24.0 Å². The minimum Gasteiger partial charge on any atom is -0.382 e. The van der Waals surface area contributed by atoms with Crippen LogP contribution in [0.15, 0.2) is 18.3 Å². The summed E-state index contributed by atoms with van der Waals surface area (Å²) in [7, 11) is 1.67. The highest BCUT2D eigenvalue weighted by atomic mass is 16.5. The van der Waals surface area contributed by atoms with E-state index in [1.165, 1.54) is 5.69 Å². The summed E-state index contributed by atoms with van der Waals surface area (Å²) in [5.74, 6) is 0. The third kappa shape index (κ3) is 7.65. The lowest BCUT2D eigenvalue weighted by Crippen LogP contribution is -2.23. The van der Waals surface area contributed by atoms with E-state index in [2.05, 4.69) is 42.1 Å². The summed E-state index contributed by atoms with van der Waals surface area (Å²) in [6, 6.07) is 4.72. The summed E-state index contributed by atoms with van der Waals surface area (Å²) in [5, 5.41) is 3.43. The standard InChI is InChI=1S/C15H28N2O3/c1-14(2)16-13-15-5-4-6-17(15)7-8-19-11-12-20-10-9-18-3/h4-6,14,16H,7-13H2,1-3H3. The van der Waals surface area contributed by atoms with Crippen molar-refractivity contribution in [2.45, 2.75) is 33.0 Å². The second kappa shape index (κ2) is 10.9. The number of nitrogens with zero attached hydrogens (tertiary/aromatic N) is 1. The lowest BCUT2D eigenvalue weighted by Gasteiger charge is -2.12. The largest absolute Gasteiger partial charge is 0.382 e. The molecule has 0 aliphatic rings. The molecule has 0 bridgehead atoms. The molecule has 0 radical (unpaired) electrons. The molecule has 5 heteroatoms. The van der Waals surface area contributed by atoms with E-state index in [0.29, 0.717) is 39.1 Å². The fourth-order valence-electron chi connectivity index (χ4n) is 1.76. The fraction of sp³-hybridized carbons (Fsp3) is 0.733. The van der Waals surface area contributed by atoms with Crippen molar-refractivity contribution in [3.8, 4) is 0 Å². The minimum absolute atomic E-state index is 0.499. The normalized spacial score (nSPS) is 11.4. The van der Waals surface area contributed by atoms with Crippen LogP contribution in [0.3, 0.4) is 0 Å². The Morgan fingerprint density at radius 1 is 1.10 bits per heavy atom. The van der Waals surface area contributed by atoms with Crippen LogP contribution < -0.4 is 5.32 Å². The highest BCUT2D eigenvalue weighted by molar-refractivity contribution is 5.06. The van der Waals surface area contributed by atoms with Crippen LogP contribution in [0.4, 0.5) is 0 Å². The van der Waals surface area contributed by atoms with E-state index in [9.17, 15) is 0 Å². The van der Waals surface area contributed by atoms with Gasteiger partial charge in [-0.25, -0.2) is 0 Å². The van der Waals surface area contributed by atoms with Crippen LogP contribution in [0.2, 0.25) is 0 Å². The van der Waals surface area contributed by atoms with Crippen molar-refractivity contribution >= 4 is 0 Å². The zero-order valence-corrected chi connectivity index (χ0v) is 12.9. The molecular formula is C15H28N2O3. The molecule has 116 valence electrons. The summed E-state index contributed by atoms with van der Waals surface area (Å²) < 4.78 is 18.0. The summed E-state index contributed by atoms with van der Waals surface area (Å²) in [5.41, 5.74) is 1.29. The first-order chi connectivity index (χ1) is 9.74. The molecule has 0 aliphatic carbocycles. The average Bonchev–Trinajstić information content (AvgIpc) is 2.87. The van der Waals surface area contributed by atoms with Crippen LogP contribution in [0.5, 0.6) is 0 Å². The first-order valence-corrected chi connectivity index (χ1v) is 7.26. The first-order valence-electron chi connectivity index (χ1n) is 7.26.